The number of halogens is 1. The minimum atomic E-state index is 0.168. The molecule has 1 heterocycles. The fourth-order valence-corrected chi connectivity index (χ4v) is 3.19. The van der Waals surface area contributed by atoms with E-state index >= 15 is 0 Å². The molecule has 3 rings (SSSR count). The van der Waals surface area contributed by atoms with E-state index in [1.807, 2.05) is 24.3 Å². The molecule has 1 aliphatic heterocycles. The van der Waals surface area contributed by atoms with Gasteiger partial charge in [-0.1, -0.05) is 40.2 Å². The van der Waals surface area contributed by atoms with Gasteiger partial charge in [0.15, 0.2) is 11.5 Å². The zero-order chi connectivity index (χ0) is 14.7. The molecule has 0 spiro atoms. The Bertz CT molecular complexity index is 627. The number of ether oxygens (including phenoxy) is 3. The molecule has 0 saturated carbocycles. The Morgan fingerprint density at radius 2 is 1.95 bits per heavy atom. The maximum atomic E-state index is 5.78. The summed E-state index contributed by atoms with van der Waals surface area (Å²) < 4.78 is 16.7. The van der Waals surface area contributed by atoms with Gasteiger partial charge in [0.1, 0.15) is 19.0 Å². The third-order valence-corrected chi connectivity index (χ3v) is 4.30. The van der Waals surface area contributed by atoms with Crippen molar-refractivity contribution >= 4 is 15.9 Å². The molecule has 21 heavy (non-hydrogen) atoms. The molecule has 0 amide bonds. The zero-order valence-corrected chi connectivity index (χ0v) is 13.4. The average Bonchev–Trinajstić information content (AvgIpc) is 2.54. The summed E-state index contributed by atoms with van der Waals surface area (Å²) >= 11 is 3.77. The molecule has 3 nitrogen and oxygen atoms in total. The molecule has 0 saturated heterocycles. The predicted octanol–water partition coefficient (Wildman–Crippen LogP) is 4.15. The SMILES string of the molecule is COc1cccc(CC(Br)c2cccc3c2OCCO3)c1. The van der Waals surface area contributed by atoms with Gasteiger partial charge < -0.3 is 14.2 Å². The van der Waals surface area contributed by atoms with Crippen LogP contribution in [0.2, 0.25) is 0 Å². The van der Waals surface area contributed by atoms with Gasteiger partial charge in [-0.2, -0.15) is 0 Å². The molecule has 0 N–H and O–H groups in total. The maximum Gasteiger partial charge on any atom is 0.165 e. The second-order valence-electron chi connectivity index (χ2n) is 4.89. The monoisotopic (exact) mass is 348 g/mol. The second-order valence-corrected chi connectivity index (χ2v) is 6.00. The number of fused-ring (bicyclic) bond motifs is 1. The van der Waals surface area contributed by atoms with Crippen molar-refractivity contribution in [1.82, 2.24) is 0 Å². The van der Waals surface area contributed by atoms with Crippen LogP contribution in [0.5, 0.6) is 17.2 Å². The zero-order valence-electron chi connectivity index (χ0n) is 11.8. The quantitative estimate of drug-likeness (QED) is 0.777. The first kappa shape index (κ1) is 14.3. The van der Waals surface area contributed by atoms with Crippen LogP contribution in [0.3, 0.4) is 0 Å². The van der Waals surface area contributed by atoms with Crippen molar-refractivity contribution in [3.05, 3.63) is 53.6 Å². The van der Waals surface area contributed by atoms with E-state index in [0.717, 1.165) is 29.2 Å². The maximum absolute atomic E-state index is 5.78. The molecular weight excluding hydrogens is 332 g/mol. The van der Waals surface area contributed by atoms with Crippen LogP contribution in [0.1, 0.15) is 16.0 Å². The minimum absolute atomic E-state index is 0.168. The Labute approximate surface area is 133 Å². The minimum Gasteiger partial charge on any atom is -0.497 e. The lowest BCUT2D eigenvalue weighted by Crippen LogP contribution is -2.17. The highest BCUT2D eigenvalue weighted by Crippen LogP contribution is 2.41. The number of benzene rings is 2. The van der Waals surface area contributed by atoms with Crippen LogP contribution >= 0.6 is 15.9 Å². The van der Waals surface area contributed by atoms with Crippen molar-refractivity contribution in [1.29, 1.82) is 0 Å². The number of methoxy groups -OCH3 is 1. The van der Waals surface area contributed by atoms with Crippen molar-refractivity contribution in [3.63, 3.8) is 0 Å². The average molecular weight is 349 g/mol. The van der Waals surface area contributed by atoms with Crippen LogP contribution in [-0.2, 0) is 6.42 Å². The largest absolute Gasteiger partial charge is 0.497 e. The van der Waals surface area contributed by atoms with Crippen molar-refractivity contribution < 1.29 is 14.2 Å². The van der Waals surface area contributed by atoms with Crippen LogP contribution < -0.4 is 14.2 Å². The molecule has 1 atom stereocenters. The lowest BCUT2D eigenvalue weighted by molar-refractivity contribution is 0.170. The highest BCUT2D eigenvalue weighted by Gasteiger charge is 2.20. The molecule has 0 fully saturated rings. The first-order chi connectivity index (χ1) is 10.3. The smallest absolute Gasteiger partial charge is 0.165 e. The summed E-state index contributed by atoms with van der Waals surface area (Å²) in [5, 5.41) is 0. The van der Waals surface area contributed by atoms with Crippen molar-refractivity contribution in [2.75, 3.05) is 20.3 Å². The fraction of sp³-hybridized carbons (Fsp3) is 0.294. The Kier molecular flexibility index (Phi) is 4.34. The molecule has 0 bridgehead atoms. The summed E-state index contributed by atoms with van der Waals surface area (Å²) in [6.45, 7) is 1.21. The first-order valence-electron chi connectivity index (χ1n) is 6.93. The van der Waals surface area contributed by atoms with Gasteiger partial charge >= 0.3 is 0 Å². The van der Waals surface area contributed by atoms with E-state index in [9.17, 15) is 0 Å². The second kappa shape index (κ2) is 6.39. The van der Waals surface area contributed by atoms with Crippen LogP contribution in [0.25, 0.3) is 0 Å². The summed E-state index contributed by atoms with van der Waals surface area (Å²) in [5.41, 5.74) is 2.33. The molecule has 0 aromatic heterocycles. The van der Waals surface area contributed by atoms with E-state index in [-0.39, 0.29) is 4.83 Å². The first-order valence-corrected chi connectivity index (χ1v) is 7.85. The molecule has 110 valence electrons. The van der Waals surface area contributed by atoms with Gasteiger partial charge in [-0.3, -0.25) is 0 Å². The Balaban J connectivity index is 1.83. The third kappa shape index (κ3) is 3.16. The van der Waals surface area contributed by atoms with Gasteiger partial charge in [0.2, 0.25) is 0 Å². The van der Waals surface area contributed by atoms with Gasteiger partial charge in [0.05, 0.1) is 7.11 Å². The third-order valence-electron chi connectivity index (χ3n) is 3.48. The van der Waals surface area contributed by atoms with E-state index in [2.05, 4.69) is 34.1 Å². The number of para-hydroxylation sites is 1. The summed E-state index contributed by atoms with van der Waals surface area (Å²) in [6, 6.07) is 14.1. The summed E-state index contributed by atoms with van der Waals surface area (Å²) in [5.74, 6) is 2.56. The van der Waals surface area contributed by atoms with E-state index in [0.29, 0.717) is 13.2 Å². The molecule has 1 unspecified atom stereocenters. The predicted molar refractivity (Wildman–Crippen MR) is 85.8 cm³/mol. The van der Waals surface area contributed by atoms with E-state index in [4.69, 9.17) is 14.2 Å². The highest BCUT2D eigenvalue weighted by molar-refractivity contribution is 9.09. The van der Waals surface area contributed by atoms with Crippen molar-refractivity contribution in [2.45, 2.75) is 11.2 Å². The van der Waals surface area contributed by atoms with E-state index in [1.54, 1.807) is 7.11 Å². The lowest BCUT2D eigenvalue weighted by Gasteiger charge is -2.23. The summed E-state index contributed by atoms with van der Waals surface area (Å²) in [4.78, 5) is 0.168. The van der Waals surface area contributed by atoms with Gasteiger partial charge in [0.25, 0.3) is 0 Å². The molecular formula is C17H17BrO3. The van der Waals surface area contributed by atoms with Crippen molar-refractivity contribution in [3.8, 4) is 17.2 Å². The molecule has 2 aromatic carbocycles. The van der Waals surface area contributed by atoms with Gasteiger partial charge in [-0.05, 0) is 30.2 Å². The normalized spacial score (nSPS) is 14.6. The van der Waals surface area contributed by atoms with Crippen LogP contribution in [0.15, 0.2) is 42.5 Å². The topological polar surface area (TPSA) is 27.7 Å². The van der Waals surface area contributed by atoms with E-state index < -0.39 is 0 Å². The van der Waals surface area contributed by atoms with Crippen molar-refractivity contribution in [2.24, 2.45) is 0 Å². The molecule has 2 aromatic rings. The number of alkyl halides is 1. The van der Waals surface area contributed by atoms with Crippen LogP contribution in [0, 0.1) is 0 Å². The number of hydrogen-bond acceptors (Lipinski definition) is 3. The Morgan fingerprint density at radius 1 is 1.14 bits per heavy atom. The Hall–Kier alpha value is -1.68. The number of hydrogen-bond donors (Lipinski definition) is 0. The van der Waals surface area contributed by atoms with Gasteiger partial charge in [0, 0.05) is 10.4 Å². The molecule has 4 heteroatoms. The summed E-state index contributed by atoms with van der Waals surface area (Å²) in [7, 11) is 1.68. The van der Waals surface area contributed by atoms with Gasteiger partial charge in [-0.25, -0.2) is 0 Å². The number of rotatable bonds is 4. The van der Waals surface area contributed by atoms with Gasteiger partial charge in [-0.15, -0.1) is 0 Å². The lowest BCUT2D eigenvalue weighted by atomic mass is 10.0. The van der Waals surface area contributed by atoms with Crippen LogP contribution in [0.4, 0.5) is 0 Å². The fourth-order valence-electron chi connectivity index (χ4n) is 2.46. The standard InChI is InChI=1S/C17H17BrO3/c1-19-13-5-2-4-12(10-13)11-15(18)14-6-3-7-16-17(14)21-9-8-20-16/h2-7,10,15H,8-9,11H2,1H3. The van der Waals surface area contributed by atoms with Crippen LogP contribution in [-0.4, -0.2) is 20.3 Å². The highest BCUT2D eigenvalue weighted by atomic mass is 79.9. The van der Waals surface area contributed by atoms with E-state index in [1.165, 1.54) is 5.56 Å². The molecule has 1 aliphatic rings. The summed E-state index contributed by atoms with van der Waals surface area (Å²) in [6.07, 6.45) is 0.858. The molecule has 0 radical (unpaired) electrons. The Morgan fingerprint density at radius 3 is 2.81 bits per heavy atom. The molecule has 0 aliphatic carbocycles.